The van der Waals surface area contributed by atoms with E-state index in [0.717, 1.165) is 5.56 Å². The summed E-state index contributed by atoms with van der Waals surface area (Å²) >= 11 is 0. The van der Waals surface area contributed by atoms with Gasteiger partial charge in [0.05, 0.1) is 17.8 Å². The maximum absolute atomic E-state index is 12.8. The Morgan fingerprint density at radius 3 is 1.28 bits per heavy atom. The van der Waals surface area contributed by atoms with Crippen molar-refractivity contribution < 1.29 is 65.3 Å². The van der Waals surface area contributed by atoms with E-state index >= 15 is 0 Å². The van der Waals surface area contributed by atoms with Gasteiger partial charge in [0.25, 0.3) is 0 Å². The third kappa shape index (κ3) is 7.55. The lowest BCUT2D eigenvalue weighted by Crippen LogP contribution is -2.14. The van der Waals surface area contributed by atoms with Crippen LogP contribution in [-0.2, 0) is 0 Å². The second kappa shape index (κ2) is 16.3. The Kier molecular flexibility index (Phi) is 10.1. The van der Waals surface area contributed by atoms with Gasteiger partial charge in [0.1, 0.15) is 93.1 Å². The summed E-state index contributed by atoms with van der Waals surface area (Å²) in [5.74, 6) is -2.85. The van der Waals surface area contributed by atoms with E-state index < -0.39 is 36.1 Å². The van der Waals surface area contributed by atoms with Gasteiger partial charge in [0, 0.05) is 34.4 Å². The summed E-state index contributed by atoms with van der Waals surface area (Å²) in [6, 6.07) is 37.6. The molecule has 0 radical (unpaired) electrons. The number of hydrogen-bond acceptors (Lipinski definition) is 13. The molecule has 13 nitrogen and oxygen atoms in total. The molecule has 8 aromatic rings. The van der Waals surface area contributed by atoms with Gasteiger partial charge in [-0.2, -0.15) is 0 Å². The first-order valence-electron chi connectivity index (χ1n) is 22.0. The van der Waals surface area contributed by atoms with Gasteiger partial charge in [-0.3, -0.25) is 0 Å². The molecule has 0 fully saturated rings. The smallest absolute Gasteiger partial charge is 0.138 e. The molecule has 6 atom stereocenters. The van der Waals surface area contributed by atoms with E-state index in [9.17, 15) is 51.1 Å². The molecule has 0 amide bonds. The first-order valence-corrected chi connectivity index (χ1v) is 22.0. The average Bonchev–Trinajstić information content (AvgIpc) is 4.02. The zero-order chi connectivity index (χ0) is 47.8. The predicted molar refractivity (Wildman–Crippen MR) is 253 cm³/mol. The molecular weight excluding hydrogens is 881 g/mol. The second-order valence-corrected chi connectivity index (χ2v) is 17.5. The van der Waals surface area contributed by atoms with Crippen LogP contribution in [0.25, 0.3) is 12.2 Å². The number of ether oxygens (including phenoxy) is 3. The monoisotopic (exact) mass is 922 g/mol. The minimum Gasteiger partial charge on any atom is -0.508 e. The van der Waals surface area contributed by atoms with Crippen molar-refractivity contribution in [3.05, 3.63) is 207 Å². The van der Waals surface area contributed by atoms with Crippen molar-refractivity contribution in [1.82, 2.24) is 0 Å². The summed E-state index contributed by atoms with van der Waals surface area (Å²) in [7, 11) is 0. The Hall–Kier alpha value is -9.10. The van der Waals surface area contributed by atoms with Crippen molar-refractivity contribution in [2.75, 3.05) is 0 Å². The number of phenols is 10. The van der Waals surface area contributed by atoms with E-state index in [2.05, 4.69) is 0 Å². The highest BCUT2D eigenvalue weighted by molar-refractivity contribution is 5.74. The van der Waals surface area contributed by atoms with Gasteiger partial charge >= 0.3 is 0 Å². The molecule has 0 saturated carbocycles. The fraction of sp³-hybridized carbons (Fsp3) is 0.107. The molecule has 0 spiro atoms. The zero-order valence-electron chi connectivity index (χ0n) is 36.2. The normalized spacial score (nSPS) is 19.9. The Morgan fingerprint density at radius 2 is 0.725 bits per heavy atom. The largest absolute Gasteiger partial charge is 0.508 e. The van der Waals surface area contributed by atoms with E-state index in [1.54, 1.807) is 91.0 Å². The first-order chi connectivity index (χ1) is 33.3. The molecule has 0 saturated heterocycles. The number of phenolic OH excluding ortho intramolecular Hbond substituents is 10. The van der Waals surface area contributed by atoms with Crippen molar-refractivity contribution in [3.8, 4) is 74.7 Å². The van der Waals surface area contributed by atoms with Crippen LogP contribution in [0.15, 0.2) is 146 Å². The molecule has 0 aromatic heterocycles. The second-order valence-electron chi connectivity index (χ2n) is 17.5. The number of rotatable bonds is 8. The lowest BCUT2D eigenvalue weighted by molar-refractivity contribution is 0.216. The van der Waals surface area contributed by atoms with Crippen LogP contribution >= 0.6 is 0 Å². The van der Waals surface area contributed by atoms with Gasteiger partial charge in [0.15, 0.2) is 0 Å². The molecule has 3 aliphatic rings. The maximum atomic E-state index is 12.8. The molecule has 10 N–H and O–H groups in total. The average molecular weight is 923 g/mol. The molecule has 6 unspecified atom stereocenters. The summed E-state index contributed by atoms with van der Waals surface area (Å²) in [5, 5.41) is 109. The summed E-state index contributed by atoms with van der Waals surface area (Å²) in [6.45, 7) is 0. The lowest BCUT2D eigenvalue weighted by Gasteiger charge is -2.24. The summed E-state index contributed by atoms with van der Waals surface area (Å²) in [4.78, 5) is 0. The summed E-state index contributed by atoms with van der Waals surface area (Å²) in [5.41, 5.74) is 5.24. The Labute approximate surface area is 393 Å². The Bertz CT molecular complexity index is 3310. The van der Waals surface area contributed by atoms with E-state index in [0.29, 0.717) is 55.8 Å². The highest BCUT2D eigenvalue weighted by atomic mass is 16.5. The zero-order valence-corrected chi connectivity index (χ0v) is 36.2. The van der Waals surface area contributed by atoms with Gasteiger partial charge in [-0.25, -0.2) is 0 Å². The third-order valence-electron chi connectivity index (χ3n) is 13.1. The number of aromatic hydroxyl groups is 10. The first kappa shape index (κ1) is 42.5. The van der Waals surface area contributed by atoms with Gasteiger partial charge < -0.3 is 65.3 Å². The lowest BCUT2D eigenvalue weighted by atomic mass is 9.79. The topological polar surface area (TPSA) is 230 Å². The number of fused-ring (bicyclic) bond motifs is 3. The Morgan fingerprint density at radius 1 is 0.304 bits per heavy atom. The van der Waals surface area contributed by atoms with Gasteiger partial charge in [-0.1, -0.05) is 48.6 Å². The molecule has 3 aliphatic heterocycles. The molecular formula is C56H42O13. The van der Waals surface area contributed by atoms with Crippen LogP contribution in [0.3, 0.4) is 0 Å². The molecule has 11 rings (SSSR count). The van der Waals surface area contributed by atoms with E-state index in [1.807, 2.05) is 6.08 Å². The molecule has 13 heteroatoms. The molecule has 8 aromatic carbocycles. The van der Waals surface area contributed by atoms with Crippen molar-refractivity contribution in [2.45, 2.75) is 36.1 Å². The highest BCUT2D eigenvalue weighted by Gasteiger charge is 2.47. The quantitative estimate of drug-likeness (QED) is 0.0640. The van der Waals surface area contributed by atoms with Crippen LogP contribution in [0, 0.1) is 0 Å². The minimum atomic E-state index is -1.05. The maximum Gasteiger partial charge on any atom is 0.138 e. The van der Waals surface area contributed by atoms with Crippen LogP contribution in [0.5, 0.6) is 74.7 Å². The SMILES string of the molecule is Oc1ccc(C=Cc2cc(O)c3c(c2)OC(c2ccc4c(c2O)C(c2cc(O)c5c(c2)OC(c2ccc(O)cc2)C5c2cc(O)cc(O)c2)C(c2ccc(O)cc2)O4)C3c2cc(O)cc(O)c2)cc1. The minimum absolute atomic E-state index is 0.0213. The van der Waals surface area contributed by atoms with E-state index in [4.69, 9.17) is 14.2 Å². The molecule has 0 aliphatic carbocycles. The van der Waals surface area contributed by atoms with Crippen LogP contribution in [0.4, 0.5) is 0 Å². The molecule has 3 heterocycles. The van der Waals surface area contributed by atoms with Crippen LogP contribution < -0.4 is 14.2 Å². The highest BCUT2D eigenvalue weighted by Crippen LogP contribution is 2.61. The van der Waals surface area contributed by atoms with Crippen LogP contribution in [0.2, 0.25) is 0 Å². The number of hydrogen-bond donors (Lipinski definition) is 10. The molecule has 344 valence electrons. The van der Waals surface area contributed by atoms with Gasteiger partial charge in [-0.05, 0) is 136 Å². The van der Waals surface area contributed by atoms with E-state index in [-0.39, 0.29) is 74.6 Å². The fourth-order valence-electron chi connectivity index (χ4n) is 10.2. The van der Waals surface area contributed by atoms with Gasteiger partial charge in [0.2, 0.25) is 0 Å². The summed E-state index contributed by atoms with van der Waals surface area (Å²) in [6.07, 6.45) is 0.902. The standard InChI is InChI=1S/C56H42O13/c57-34-9-3-27(4-10-34)1-2-28-17-42(64)50-45(18-28)69-56(48(50)32-21-39(62)26-40(63)22-32)41-15-16-44-52(53(41)66)49(55(67-44)30-7-13-36(59)14-8-30)33-23-43(65)51-46(24-33)68-54(29-5-11-35(58)12-6-29)47(51)31-19-37(60)25-38(61)20-31/h1-26,47-49,54-66H. The van der Waals surface area contributed by atoms with Crippen molar-refractivity contribution in [2.24, 2.45) is 0 Å². The number of benzene rings is 8. The van der Waals surface area contributed by atoms with Crippen molar-refractivity contribution >= 4 is 12.2 Å². The van der Waals surface area contributed by atoms with Crippen molar-refractivity contribution in [3.63, 3.8) is 0 Å². The van der Waals surface area contributed by atoms with Crippen LogP contribution in [-0.4, -0.2) is 51.1 Å². The fourth-order valence-corrected chi connectivity index (χ4v) is 10.2. The third-order valence-corrected chi connectivity index (χ3v) is 13.1. The van der Waals surface area contributed by atoms with Crippen molar-refractivity contribution in [1.29, 1.82) is 0 Å². The summed E-state index contributed by atoms with van der Waals surface area (Å²) < 4.78 is 20.1. The Balaban J connectivity index is 1.05. The van der Waals surface area contributed by atoms with Crippen LogP contribution in [0.1, 0.15) is 97.3 Å². The van der Waals surface area contributed by atoms with Gasteiger partial charge in [-0.15, -0.1) is 0 Å². The van der Waals surface area contributed by atoms with E-state index in [1.165, 1.54) is 60.7 Å². The predicted octanol–water partition coefficient (Wildman–Crippen LogP) is 10.7. The molecule has 69 heavy (non-hydrogen) atoms. The molecule has 0 bridgehead atoms.